The maximum atomic E-state index is 10.8. The summed E-state index contributed by atoms with van der Waals surface area (Å²) in [4.78, 5) is -0.750. The van der Waals surface area contributed by atoms with E-state index in [1.807, 2.05) is 84.9 Å². The van der Waals surface area contributed by atoms with Gasteiger partial charge in [0.1, 0.15) is 48.8 Å². The molecular weight excluding hydrogens is 1420 g/mol. The van der Waals surface area contributed by atoms with Crippen molar-refractivity contribution in [2.75, 3.05) is 13.2 Å². The second-order valence-electron chi connectivity index (χ2n) is 27.4. The van der Waals surface area contributed by atoms with Crippen LogP contribution in [-0.2, 0) is 115 Å². The summed E-state index contributed by atoms with van der Waals surface area (Å²) in [6.45, 7) is 17.1. The third-order valence-electron chi connectivity index (χ3n) is 20.7. The summed E-state index contributed by atoms with van der Waals surface area (Å²) < 4.78 is 56.3. The first kappa shape index (κ1) is 78.0. The standard InChI is InChI=1S/C52H50O6S.C24H26O6S.C11H16.BCl3/c1-2-37-23-25-38(26-24-37)27-44-36-59-48-28-43-34-57-52(46(43)29-45(44)48)51(56-33-42-21-13-6-14-22-42)50(55-32-41-19-11-5-12-20-41)49(54-31-40-17-9-4-10-18-40)47(58-52)35-53-30-39-15-7-3-8-16-39;1-2-13-3-5-14(6-4-13)7-16-12-31-20-8-15-11-29-24(18(15)9-17(16)20)23(28)22(27)21(26)19(10-25)30-24;1-7-6-8(2)10(4)11(5)9(7)3;2-1(3)4/h3-26,28-29,36,47,49-51H,2,27,30-35H2,1H3;3-6,8-9,12,19,21-23,25-28H,2,7,10-11H2,1H3;6H,1-5H3;/t47-,49-,50+,51-,52+;19-,21-,22+,23-,24+;;/m11../s1. The number of hydrogen-bond donors (Lipinski definition) is 4. The highest BCUT2D eigenvalue weighted by Gasteiger charge is 2.62. The fourth-order valence-corrected chi connectivity index (χ4v) is 16.3. The molecule has 11 aromatic rings. The van der Waals surface area contributed by atoms with Gasteiger partial charge in [0.2, 0.25) is 11.6 Å². The molecule has 18 heteroatoms. The Labute approximate surface area is 640 Å². The second kappa shape index (κ2) is 36.0. The Morgan fingerprint density at radius 2 is 0.857 bits per heavy atom. The predicted molar refractivity (Wildman–Crippen MR) is 423 cm³/mol. The number of thiophene rings is 2. The zero-order valence-electron chi connectivity index (χ0n) is 60.4. The van der Waals surface area contributed by atoms with Gasteiger partial charge in [-0.2, -0.15) is 34.4 Å². The van der Waals surface area contributed by atoms with Crippen molar-refractivity contribution < 1.29 is 58.3 Å². The Hall–Kier alpha value is -6.65. The average molecular weight is 1510 g/mol. The van der Waals surface area contributed by atoms with E-state index in [9.17, 15) is 20.4 Å². The van der Waals surface area contributed by atoms with Crippen molar-refractivity contribution in [3.63, 3.8) is 0 Å². The number of rotatable bonds is 20. The molecule has 9 aromatic carbocycles. The Morgan fingerprint density at radius 1 is 0.457 bits per heavy atom. The van der Waals surface area contributed by atoms with E-state index in [0.717, 1.165) is 74.7 Å². The molecule has 4 N–H and O–H groups in total. The van der Waals surface area contributed by atoms with Crippen molar-refractivity contribution >= 4 is 82.2 Å². The van der Waals surface area contributed by atoms with E-state index >= 15 is 0 Å². The van der Waals surface area contributed by atoms with Crippen LogP contribution in [0.25, 0.3) is 20.2 Å². The van der Waals surface area contributed by atoms with Crippen LogP contribution in [-0.4, -0.2) is 87.4 Å². The molecule has 0 bridgehead atoms. The van der Waals surface area contributed by atoms with Crippen molar-refractivity contribution in [2.24, 2.45) is 0 Å². The zero-order valence-corrected chi connectivity index (χ0v) is 64.3. The molecule has 548 valence electrons. The molecule has 4 aliphatic heterocycles. The molecule has 0 aliphatic carbocycles. The molecule has 2 aromatic heterocycles. The highest BCUT2D eigenvalue weighted by atomic mass is 35.6. The molecular formula is C87H92BCl3O12S2. The number of hydrogen-bond acceptors (Lipinski definition) is 14. The molecule has 15 rings (SSSR count). The lowest BCUT2D eigenvalue weighted by Crippen LogP contribution is -2.65. The normalized spacial score (nSPS) is 22.2. The van der Waals surface area contributed by atoms with Crippen LogP contribution in [0.2, 0.25) is 0 Å². The highest BCUT2D eigenvalue weighted by molar-refractivity contribution is 7.54. The minimum absolute atomic E-state index is 0.217. The third-order valence-corrected chi connectivity index (χ3v) is 22.7. The molecule has 0 amide bonds. The third kappa shape index (κ3) is 18.2. The van der Waals surface area contributed by atoms with E-state index < -0.39 is 72.0 Å². The van der Waals surface area contributed by atoms with E-state index in [0.29, 0.717) is 38.6 Å². The van der Waals surface area contributed by atoms with Crippen LogP contribution >= 0.6 is 57.1 Å². The number of halogens is 3. The lowest BCUT2D eigenvalue weighted by Gasteiger charge is -2.51. The van der Waals surface area contributed by atoms with E-state index in [-0.39, 0.29) is 13.2 Å². The molecule has 4 aliphatic rings. The fraction of sp³-hybridized carbons (Fsp3) is 0.333. The van der Waals surface area contributed by atoms with Gasteiger partial charge in [0, 0.05) is 20.5 Å². The fourth-order valence-electron chi connectivity index (χ4n) is 14.3. The molecule has 12 nitrogen and oxygen atoms in total. The van der Waals surface area contributed by atoms with Crippen molar-refractivity contribution in [2.45, 2.75) is 174 Å². The minimum Gasteiger partial charge on any atom is -0.394 e. The SMILES string of the molecule is CCc1ccc(Cc2csc3cc4c(cc23)[C@]2(OC4)O[C@H](CO)[C@@H](O)[C@H](O)[C@H]2O)cc1.CCc1ccc(Cc2csc3cc4c(cc23)[C@]2(OC4)O[C@H](COCc3ccccc3)[C@@H](OCc3ccccc3)[C@H](OCc3ccccc3)[C@H]2OCc2ccccc2)cc1.Cc1cc(C)c(C)c(C)c1C.ClB(Cl)Cl. The number of aliphatic hydroxyl groups is 4. The van der Waals surface area contributed by atoms with Crippen molar-refractivity contribution in [1.82, 2.24) is 0 Å². The van der Waals surface area contributed by atoms with Crippen LogP contribution in [0.3, 0.4) is 0 Å². The second-order valence-corrected chi connectivity index (χ2v) is 31.2. The lowest BCUT2D eigenvalue weighted by atomic mass is 9.86. The molecule has 2 fully saturated rings. The van der Waals surface area contributed by atoms with Gasteiger partial charge in [0.05, 0.1) is 52.9 Å². The maximum Gasteiger partial charge on any atom is 0.450 e. The number of benzene rings is 9. The number of aryl methyl sites for hydroxylation is 4. The molecule has 0 unspecified atom stereocenters. The van der Waals surface area contributed by atoms with Gasteiger partial charge in [-0.25, -0.2) is 0 Å². The van der Waals surface area contributed by atoms with E-state index in [1.54, 1.807) is 22.7 Å². The van der Waals surface area contributed by atoms with Gasteiger partial charge in [0.15, 0.2) is 0 Å². The first-order valence-electron chi connectivity index (χ1n) is 35.9. The Bertz CT molecular complexity index is 4580. The van der Waals surface area contributed by atoms with Gasteiger partial charge in [-0.1, -0.05) is 190 Å². The van der Waals surface area contributed by atoms with E-state index in [2.05, 4.69) is 174 Å². The molecule has 0 saturated carbocycles. The molecule has 10 atom stereocenters. The van der Waals surface area contributed by atoms with Crippen LogP contribution in [0.1, 0.15) is 120 Å². The largest absolute Gasteiger partial charge is 0.450 e. The van der Waals surface area contributed by atoms with Gasteiger partial charge >= 0.3 is 4.96 Å². The van der Waals surface area contributed by atoms with Crippen LogP contribution in [0, 0.1) is 34.6 Å². The summed E-state index contributed by atoms with van der Waals surface area (Å²) in [7, 11) is 0. The Balaban J connectivity index is 0.000000185. The molecule has 6 heterocycles. The number of ether oxygens (including phenoxy) is 8. The summed E-state index contributed by atoms with van der Waals surface area (Å²) in [6.07, 6.45) is -4.24. The van der Waals surface area contributed by atoms with Gasteiger partial charge in [0.25, 0.3) is 0 Å². The maximum absolute atomic E-state index is 10.8. The molecule has 2 saturated heterocycles. The summed E-state index contributed by atoms with van der Waals surface area (Å²) in [5, 5.41) is 47.6. The Kier molecular flexibility index (Phi) is 26.8. The zero-order chi connectivity index (χ0) is 73.8. The summed E-state index contributed by atoms with van der Waals surface area (Å²) in [5.74, 6) is -2.92. The first-order chi connectivity index (χ1) is 50.9. The highest BCUT2D eigenvalue weighted by Crippen LogP contribution is 2.52. The minimum atomic E-state index is -1.61. The monoisotopic (exact) mass is 1510 g/mol. The summed E-state index contributed by atoms with van der Waals surface area (Å²) in [5.41, 5.74) is 22.5. The predicted octanol–water partition coefficient (Wildman–Crippen LogP) is 18.2. The molecule has 0 radical (unpaired) electrons. The first-order valence-corrected chi connectivity index (χ1v) is 39.0. The van der Waals surface area contributed by atoms with E-state index in [1.165, 1.54) is 71.3 Å². The van der Waals surface area contributed by atoms with Crippen LogP contribution in [0.15, 0.2) is 211 Å². The molecule has 2 spiro atoms. The average Bonchev–Trinajstić information content (AvgIpc) is 1.61. The van der Waals surface area contributed by atoms with Crippen LogP contribution in [0.5, 0.6) is 0 Å². The smallest absolute Gasteiger partial charge is 0.394 e. The van der Waals surface area contributed by atoms with Gasteiger partial charge in [-0.15, -0.1) is 22.7 Å². The number of aliphatic hydroxyl groups excluding tert-OH is 4. The van der Waals surface area contributed by atoms with Gasteiger partial charge < -0.3 is 58.3 Å². The van der Waals surface area contributed by atoms with E-state index in [4.69, 9.17) is 72.3 Å². The van der Waals surface area contributed by atoms with Crippen LogP contribution in [0.4, 0.5) is 0 Å². The quantitative estimate of drug-likeness (QED) is 0.0537. The van der Waals surface area contributed by atoms with Gasteiger partial charge in [-0.3, -0.25) is 0 Å². The number of fused-ring (bicyclic) bond motifs is 6. The van der Waals surface area contributed by atoms with Gasteiger partial charge in [-0.05, 0) is 201 Å². The lowest BCUT2D eigenvalue weighted by molar-refractivity contribution is -0.387. The van der Waals surface area contributed by atoms with Crippen LogP contribution < -0.4 is 0 Å². The van der Waals surface area contributed by atoms with Crippen molar-refractivity contribution in [3.05, 3.63) is 317 Å². The molecule has 105 heavy (non-hydrogen) atoms. The summed E-state index contributed by atoms with van der Waals surface area (Å²) in [6, 6.07) is 69.4. The van der Waals surface area contributed by atoms with Crippen molar-refractivity contribution in [1.29, 1.82) is 0 Å². The summed E-state index contributed by atoms with van der Waals surface area (Å²) >= 11 is 17.9. The Morgan fingerprint density at radius 3 is 1.30 bits per heavy atom. The topological polar surface area (TPSA) is 155 Å². The van der Waals surface area contributed by atoms with Crippen molar-refractivity contribution in [3.8, 4) is 0 Å².